The molecule has 0 aromatic rings. The molecule has 0 spiro atoms. The van der Waals surface area contributed by atoms with Crippen LogP contribution in [-0.4, -0.2) is 49.2 Å². The van der Waals surface area contributed by atoms with E-state index in [1.165, 1.54) is 12.8 Å². The molecule has 2 fully saturated rings. The average Bonchev–Trinajstić information content (AvgIpc) is 2.78. The smallest absolute Gasteiger partial charge is 0.236 e. The Morgan fingerprint density at radius 1 is 1.28 bits per heavy atom. The first-order chi connectivity index (χ1) is 8.77. The number of carbonyl (C=O) groups is 1. The van der Waals surface area contributed by atoms with Crippen LogP contribution in [0.3, 0.4) is 0 Å². The Morgan fingerprint density at radius 2 is 2.00 bits per heavy atom. The number of amides is 1. The van der Waals surface area contributed by atoms with Gasteiger partial charge in [0.25, 0.3) is 0 Å². The number of nitrogens with one attached hydrogen (secondary N) is 1. The quantitative estimate of drug-likeness (QED) is 0.827. The molecule has 2 aliphatic heterocycles. The van der Waals surface area contributed by atoms with Crippen molar-refractivity contribution in [3.05, 3.63) is 0 Å². The molecule has 1 amide bonds. The van der Waals surface area contributed by atoms with Crippen LogP contribution in [0, 0.1) is 0 Å². The van der Waals surface area contributed by atoms with Gasteiger partial charge in [0.1, 0.15) is 0 Å². The van der Waals surface area contributed by atoms with Crippen LogP contribution in [0.15, 0.2) is 0 Å². The van der Waals surface area contributed by atoms with Crippen LogP contribution in [0.25, 0.3) is 0 Å². The molecule has 0 bridgehead atoms. The second-order valence-corrected chi connectivity index (χ2v) is 5.52. The van der Waals surface area contributed by atoms with E-state index < -0.39 is 0 Å². The number of rotatable bonds is 4. The molecule has 0 radical (unpaired) electrons. The summed E-state index contributed by atoms with van der Waals surface area (Å²) in [6, 6.07) is 0.281. The lowest BCUT2D eigenvalue weighted by Gasteiger charge is -2.24. The molecular formula is C14H26N2O2. The first kappa shape index (κ1) is 13.8. The minimum atomic E-state index is 0.252. The van der Waals surface area contributed by atoms with Crippen molar-refractivity contribution in [1.29, 1.82) is 0 Å². The normalized spacial score (nSPS) is 26.9. The highest BCUT2D eigenvalue weighted by Crippen LogP contribution is 2.15. The molecule has 2 rings (SSSR count). The summed E-state index contributed by atoms with van der Waals surface area (Å²) in [4.78, 5) is 14.1. The van der Waals surface area contributed by atoms with E-state index in [-0.39, 0.29) is 11.9 Å². The van der Waals surface area contributed by atoms with Crippen molar-refractivity contribution in [2.45, 2.75) is 57.6 Å². The summed E-state index contributed by atoms with van der Waals surface area (Å²) in [5, 5.41) is 3.33. The highest BCUT2D eigenvalue weighted by molar-refractivity contribution is 5.78. The minimum Gasteiger partial charge on any atom is -0.377 e. The van der Waals surface area contributed by atoms with Crippen LogP contribution in [0.5, 0.6) is 0 Å². The van der Waals surface area contributed by atoms with Crippen LogP contribution in [-0.2, 0) is 9.53 Å². The van der Waals surface area contributed by atoms with Gasteiger partial charge in [0.05, 0.1) is 12.6 Å². The number of hydrogen-bond donors (Lipinski definition) is 1. The Morgan fingerprint density at radius 3 is 2.61 bits per heavy atom. The van der Waals surface area contributed by atoms with Gasteiger partial charge in [0.15, 0.2) is 0 Å². The van der Waals surface area contributed by atoms with Crippen LogP contribution < -0.4 is 5.32 Å². The number of nitrogens with zero attached hydrogens (tertiary/aromatic N) is 1. The number of ether oxygens (including phenoxy) is 1. The van der Waals surface area contributed by atoms with Gasteiger partial charge in [-0.3, -0.25) is 4.79 Å². The molecule has 0 aromatic heterocycles. The van der Waals surface area contributed by atoms with Crippen molar-refractivity contribution >= 4 is 5.91 Å². The molecule has 2 heterocycles. The Hall–Kier alpha value is -0.610. The second-order valence-electron chi connectivity index (χ2n) is 5.52. The molecule has 1 N–H and O–H groups in total. The maximum absolute atomic E-state index is 12.1. The molecule has 0 aromatic carbocycles. The number of hydrogen-bond acceptors (Lipinski definition) is 3. The monoisotopic (exact) mass is 254 g/mol. The van der Waals surface area contributed by atoms with E-state index in [4.69, 9.17) is 4.74 Å². The summed E-state index contributed by atoms with van der Waals surface area (Å²) in [5.74, 6) is 0.252. The van der Waals surface area contributed by atoms with Crippen LogP contribution in [0.1, 0.15) is 45.4 Å². The maximum Gasteiger partial charge on any atom is 0.236 e. The zero-order valence-corrected chi connectivity index (χ0v) is 11.5. The lowest BCUT2D eigenvalue weighted by atomic mass is 10.1. The summed E-state index contributed by atoms with van der Waals surface area (Å²) in [6.45, 7) is 5.33. The first-order valence-electron chi connectivity index (χ1n) is 7.40. The Bertz CT molecular complexity index is 257. The Kier molecular flexibility index (Phi) is 5.45. The maximum atomic E-state index is 12.1. The predicted molar refractivity (Wildman–Crippen MR) is 71.5 cm³/mol. The van der Waals surface area contributed by atoms with Crippen molar-refractivity contribution < 1.29 is 9.53 Å². The summed E-state index contributed by atoms with van der Waals surface area (Å²) >= 11 is 0. The standard InChI is InChI=1S/C14H26N2O2/c1-12(13-7-6-10-18-13)15-11-14(17)16-8-4-2-3-5-9-16/h12-13,15H,2-11H2,1H3. The molecule has 4 heteroatoms. The second kappa shape index (κ2) is 7.10. The molecular weight excluding hydrogens is 228 g/mol. The molecule has 2 unspecified atom stereocenters. The van der Waals surface area contributed by atoms with E-state index in [0.717, 1.165) is 45.4 Å². The highest BCUT2D eigenvalue weighted by atomic mass is 16.5. The third kappa shape index (κ3) is 3.95. The SMILES string of the molecule is CC(NCC(=O)N1CCCCCC1)C1CCCO1. The van der Waals surface area contributed by atoms with Gasteiger partial charge in [-0.05, 0) is 32.6 Å². The third-order valence-corrected chi connectivity index (χ3v) is 4.06. The van der Waals surface area contributed by atoms with Crippen LogP contribution >= 0.6 is 0 Å². The summed E-state index contributed by atoms with van der Waals surface area (Å²) in [5.41, 5.74) is 0. The van der Waals surface area contributed by atoms with Crippen LogP contribution in [0.2, 0.25) is 0 Å². The molecule has 18 heavy (non-hydrogen) atoms. The molecule has 2 saturated heterocycles. The van der Waals surface area contributed by atoms with Gasteiger partial charge in [0.2, 0.25) is 5.91 Å². The molecule has 4 nitrogen and oxygen atoms in total. The van der Waals surface area contributed by atoms with Crippen molar-refractivity contribution in [2.24, 2.45) is 0 Å². The lowest BCUT2D eigenvalue weighted by Crippen LogP contribution is -2.44. The fourth-order valence-electron chi connectivity index (χ4n) is 2.81. The van der Waals surface area contributed by atoms with Gasteiger partial charge in [-0.15, -0.1) is 0 Å². The topological polar surface area (TPSA) is 41.6 Å². The molecule has 104 valence electrons. The molecule has 0 saturated carbocycles. The summed E-state index contributed by atoms with van der Waals surface area (Å²) < 4.78 is 5.63. The minimum absolute atomic E-state index is 0.252. The lowest BCUT2D eigenvalue weighted by molar-refractivity contribution is -0.130. The third-order valence-electron chi connectivity index (χ3n) is 4.06. The average molecular weight is 254 g/mol. The fraction of sp³-hybridized carbons (Fsp3) is 0.929. The van der Waals surface area contributed by atoms with E-state index in [2.05, 4.69) is 12.2 Å². The molecule has 2 atom stereocenters. The zero-order valence-electron chi connectivity index (χ0n) is 11.5. The summed E-state index contributed by atoms with van der Waals surface area (Å²) in [7, 11) is 0. The highest BCUT2D eigenvalue weighted by Gasteiger charge is 2.23. The van der Waals surface area contributed by atoms with E-state index in [0.29, 0.717) is 12.6 Å². The van der Waals surface area contributed by atoms with Gasteiger partial charge in [-0.25, -0.2) is 0 Å². The molecule has 2 aliphatic rings. The van der Waals surface area contributed by atoms with Crippen LogP contribution in [0.4, 0.5) is 0 Å². The van der Waals surface area contributed by atoms with E-state index >= 15 is 0 Å². The zero-order chi connectivity index (χ0) is 12.8. The number of carbonyl (C=O) groups excluding carboxylic acids is 1. The molecule has 0 aliphatic carbocycles. The van der Waals surface area contributed by atoms with Crippen molar-refractivity contribution in [1.82, 2.24) is 10.2 Å². The van der Waals surface area contributed by atoms with Gasteiger partial charge in [-0.2, -0.15) is 0 Å². The van der Waals surface area contributed by atoms with E-state index in [1.54, 1.807) is 0 Å². The number of likely N-dealkylation sites (tertiary alicyclic amines) is 1. The van der Waals surface area contributed by atoms with Crippen molar-refractivity contribution in [2.75, 3.05) is 26.2 Å². The van der Waals surface area contributed by atoms with Gasteiger partial charge >= 0.3 is 0 Å². The van der Waals surface area contributed by atoms with E-state index in [1.807, 2.05) is 4.90 Å². The van der Waals surface area contributed by atoms with Crippen molar-refractivity contribution in [3.63, 3.8) is 0 Å². The Labute approximate surface area is 110 Å². The Balaban J connectivity index is 1.69. The summed E-state index contributed by atoms with van der Waals surface area (Å²) in [6.07, 6.45) is 7.41. The predicted octanol–water partition coefficient (Wildman–Crippen LogP) is 1.55. The van der Waals surface area contributed by atoms with Gasteiger partial charge < -0.3 is 15.0 Å². The van der Waals surface area contributed by atoms with Gasteiger partial charge in [0, 0.05) is 25.7 Å². The van der Waals surface area contributed by atoms with E-state index in [9.17, 15) is 4.79 Å². The first-order valence-corrected chi connectivity index (χ1v) is 7.40. The fourth-order valence-corrected chi connectivity index (χ4v) is 2.81. The van der Waals surface area contributed by atoms with Crippen molar-refractivity contribution in [3.8, 4) is 0 Å². The largest absolute Gasteiger partial charge is 0.377 e. The van der Waals surface area contributed by atoms with Gasteiger partial charge in [-0.1, -0.05) is 12.8 Å².